The monoisotopic (exact) mass is 1030 g/mol. The molecule has 0 saturated carbocycles. The highest BCUT2D eigenvalue weighted by atomic mass is 16.6. The van der Waals surface area contributed by atoms with Gasteiger partial charge in [-0.05, 0) is 103 Å². The van der Waals surface area contributed by atoms with Crippen LogP contribution in [0.5, 0.6) is 0 Å². The van der Waals surface area contributed by atoms with Crippen LogP contribution < -0.4 is 0 Å². The van der Waals surface area contributed by atoms with Crippen molar-refractivity contribution in [2.24, 2.45) is 0 Å². The second-order valence-electron chi connectivity index (χ2n) is 20.6. The standard InChI is InChI=1S/C68H116O6/c1-4-7-10-13-16-19-22-25-28-31-33-34-35-38-40-43-46-49-52-55-58-61-67(70)73-64-65(63-72-66(69)60-57-54-51-48-45-42-39-36-30-27-24-21-18-15-12-9-6-3)74-68(71)62-59-56-53-50-47-44-41-37-32-29-26-23-20-17-14-11-8-5-2/h7,10,16,19-20,23,25,28-29,32-34,38,40,46,49,65H,4-6,8-9,11-15,17-18,21-22,24,26-27,30-31,35-37,39,41-45,47-48,50-64H2,1-3H3/b10-7-,19-16-,23-20-,28-25-,32-29-,34-33-,40-38-,49-46-. The van der Waals surface area contributed by atoms with E-state index in [4.69, 9.17) is 14.2 Å². The van der Waals surface area contributed by atoms with E-state index in [9.17, 15) is 14.4 Å². The van der Waals surface area contributed by atoms with Gasteiger partial charge in [-0.15, -0.1) is 0 Å². The Kier molecular flexibility index (Phi) is 58.8. The van der Waals surface area contributed by atoms with E-state index in [0.717, 1.165) is 109 Å². The van der Waals surface area contributed by atoms with Gasteiger partial charge < -0.3 is 14.2 Å². The summed E-state index contributed by atoms with van der Waals surface area (Å²) in [6, 6.07) is 0. The van der Waals surface area contributed by atoms with Crippen molar-refractivity contribution in [3.05, 3.63) is 97.2 Å². The van der Waals surface area contributed by atoms with Gasteiger partial charge in [0, 0.05) is 19.3 Å². The van der Waals surface area contributed by atoms with Gasteiger partial charge in [-0.3, -0.25) is 14.4 Å². The molecule has 0 aliphatic rings. The van der Waals surface area contributed by atoms with Crippen molar-refractivity contribution < 1.29 is 28.6 Å². The number of carbonyl (C=O) groups is 3. The molecule has 0 saturated heterocycles. The van der Waals surface area contributed by atoms with Crippen LogP contribution >= 0.6 is 0 Å². The van der Waals surface area contributed by atoms with Gasteiger partial charge in [-0.25, -0.2) is 0 Å². The summed E-state index contributed by atoms with van der Waals surface area (Å²) >= 11 is 0. The van der Waals surface area contributed by atoms with E-state index in [1.54, 1.807) is 0 Å². The Morgan fingerprint density at radius 1 is 0.284 bits per heavy atom. The molecular weight excluding hydrogens is 913 g/mol. The van der Waals surface area contributed by atoms with Crippen molar-refractivity contribution in [1.29, 1.82) is 0 Å². The first kappa shape index (κ1) is 70.3. The van der Waals surface area contributed by atoms with Crippen LogP contribution in [-0.2, 0) is 28.6 Å². The van der Waals surface area contributed by atoms with Gasteiger partial charge in [-0.2, -0.15) is 0 Å². The Labute approximate surface area is 457 Å². The van der Waals surface area contributed by atoms with E-state index in [1.165, 1.54) is 148 Å². The molecule has 424 valence electrons. The molecular formula is C68H116O6. The maximum Gasteiger partial charge on any atom is 0.306 e. The van der Waals surface area contributed by atoms with Gasteiger partial charge in [0.2, 0.25) is 0 Å². The number of ether oxygens (including phenoxy) is 3. The predicted octanol–water partition coefficient (Wildman–Crippen LogP) is 21.3. The summed E-state index contributed by atoms with van der Waals surface area (Å²) in [6.07, 6.45) is 82.6. The Morgan fingerprint density at radius 3 is 0.865 bits per heavy atom. The molecule has 0 fully saturated rings. The maximum absolute atomic E-state index is 12.9. The molecule has 1 atom stereocenters. The Bertz CT molecular complexity index is 1460. The predicted molar refractivity (Wildman–Crippen MR) is 320 cm³/mol. The second kappa shape index (κ2) is 61.9. The molecule has 0 bridgehead atoms. The summed E-state index contributed by atoms with van der Waals surface area (Å²) in [4.78, 5) is 38.3. The van der Waals surface area contributed by atoms with Crippen molar-refractivity contribution in [3.63, 3.8) is 0 Å². The van der Waals surface area contributed by atoms with Crippen molar-refractivity contribution >= 4 is 17.9 Å². The van der Waals surface area contributed by atoms with Crippen molar-refractivity contribution in [3.8, 4) is 0 Å². The van der Waals surface area contributed by atoms with Crippen LogP contribution in [0, 0.1) is 0 Å². The molecule has 74 heavy (non-hydrogen) atoms. The van der Waals surface area contributed by atoms with E-state index >= 15 is 0 Å². The number of rotatable bonds is 56. The van der Waals surface area contributed by atoms with Crippen molar-refractivity contribution in [2.75, 3.05) is 13.2 Å². The molecule has 0 radical (unpaired) electrons. The first-order chi connectivity index (χ1) is 36.5. The lowest BCUT2D eigenvalue weighted by Crippen LogP contribution is -2.30. The topological polar surface area (TPSA) is 78.9 Å². The lowest BCUT2D eigenvalue weighted by atomic mass is 10.0. The highest BCUT2D eigenvalue weighted by Crippen LogP contribution is 2.16. The first-order valence-electron chi connectivity index (χ1n) is 31.2. The highest BCUT2D eigenvalue weighted by molar-refractivity contribution is 5.71. The minimum absolute atomic E-state index is 0.0927. The number of hydrogen-bond acceptors (Lipinski definition) is 6. The van der Waals surface area contributed by atoms with E-state index < -0.39 is 6.10 Å². The summed E-state index contributed by atoms with van der Waals surface area (Å²) in [5, 5.41) is 0. The largest absolute Gasteiger partial charge is 0.462 e. The van der Waals surface area contributed by atoms with Gasteiger partial charge in [0.1, 0.15) is 13.2 Å². The molecule has 6 nitrogen and oxygen atoms in total. The summed E-state index contributed by atoms with van der Waals surface area (Å²) in [6.45, 7) is 6.50. The minimum Gasteiger partial charge on any atom is -0.462 e. The zero-order valence-corrected chi connectivity index (χ0v) is 48.6. The van der Waals surface area contributed by atoms with E-state index in [2.05, 4.69) is 118 Å². The lowest BCUT2D eigenvalue weighted by molar-refractivity contribution is -0.167. The van der Waals surface area contributed by atoms with Gasteiger partial charge in [-0.1, -0.05) is 272 Å². The van der Waals surface area contributed by atoms with Crippen molar-refractivity contribution in [1.82, 2.24) is 0 Å². The molecule has 0 aromatic rings. The highest BCUT2D eigenvalue weighted by Gasteiger charge is 2.19. The number of allylic oxidation sites excluding steroid dienone is 16. The lowest BCUT2D eigenvalue weighted by Gasteiger charge is -2.18. The second-order valence-corrected chi connectivity index (χ2v) is 20.6. The third kappa shape index (κ3) is 59.2. The molecule has 0 amide bonds. The first-order valence-corrected chi connectivity index (χ1v) is 31.2. The average Bonchev–Trinajstić information content (AvgIpc) is 3.40. The smallest absolute Gasteiger partial charge is 0.306 e. The molecule has 0 aliphatic carbocycles. The van der Waals surface area contributed by atoms with E-state index in [0.29, 0.717) is 19.3 Å². The fourth-order valence-electron chi connectivity index (χ4n) is 8.65. The zero-order valence-electron chi connectivity index (χ0n) is 48.6. The summed E-state index contributed by atoms with van der Waals surface area (Å²) in [5.74, 6) is -0.936. The molecule has 6 heteroatoms. The third-order valence-electron chi connectivity index (χ3n) is 13.3. The van der Waals surface area contributed by atoms with Crippen LogP contribution in [0.25, 0.3) is 0 Å². The van der Waals surface area contributed by atoms with E-state index in [-0.39, 0.29) is 31.1 Å². The fourth-order valence-corrected chi connectivity index (χ4v) is 8.65. The Morgan fingerprint density at radius 2 is 0.527 bits per heavy atom. The minimum atomic E-state index is -0.800. The molecule has 0 N–H and O–H groups in total. The van der Waals surface area contributed by atoms with Crippen LogP contribution in [0.1, 0.15) is 297 Å². The van der Waals surface area contributed by atoms with Crippen molar-refractivity contribution in [2.45, 2.75) is 303 Å². The van der Waals surface area contributed by atoms with Gasteiger partial charge in [0.15, 0.2) is 6.10 Å². The van der Waals surface area contributed by atoms with Crippen LogP contribution in [0.4, 0.5) is 0 Å². The normalized spacial score (nSPS) is 12.7. The summed E-state index contributed by atoms with van der Waals surface area (Å²) in [5.41, 5.74) is 0. The van der Waals surface area contributed by atoms with Crippen LogP contribution in [-0.4, -0.2) is 37.2 Å². The summed E-state index contributed by atoms with van der Waals surface area (Å²) in [7, 11) is 0. The number of carbonyl (C=O) groups excluding carboxylic acids is 3. The van der Waals surface area contributed by atoms with E-state index in [1.807, 2.05) is 0 Å². The van der Waals surface area contributed by atoms with Gasteiger partial charge >= 0.3 is 17.9 Å². The Balaban J connectivity index is 4.47. The van der Waals surface area contributed by atoms with Crippen LogP contribution in [0.15, 0.2) is 97.2 Å². The molecule has 0 rings (SSSR count). The molecule has 1 unspecified atom stereocenters. The summed E-state index contributed by atoms with van der Waals surface area (Å²) < 4.78 is 16.9. The van der Waals surface area contributed by atoms with Gasteiger partial charge in [0.05, 0.1) is 0 Å². The quantitative estimate of drug-likeness (QED) is 0.0261. The SMILES string of the molecule is CC/C=C\C/C=C\C/C=C\C/C=C\C/C=C\C/C=C\CCCCC(=O)OCC(COC(=O)CCCCCCCCCCCCCCCCCCC)OC(=O)CCCCCCCCC/C=C\C/C=C\CCCCCC. The number of unbranched alkanes of at least 4 members (excludes halogenated alkanes) is 29. The molecule has 0 spiro atoms. The van der Waals surface area contributed by atoms with Gasteiger partial charge in [0.25, 0.3) is 0 Å². The Hall–Kier alpha value is -3.67. The average molecular weight is 1030 g/mol. The fraction of sp³-hybridized carbons (Fsp3) is 0.721. The molecule has 0 aromatic carbocycles. The number of hydrogen-bond donors (Lipinski definition) is 0. The number of esters is 3. The molecule has 0 aliphatic heterocycles. The van der Waals surface area contributed by atoms with Crippen LogP contribution in [0.2, 0.25) is 0 Å². The molecule has 0 aromatic heterocycles. The maximum atomic E-state index is 12.9. The van der Waals surface area contributed by atoms with Crippen LogP contribution in [0.3, 0.4) is 0 Å². The molecule has 0 heterocycles. The zero-order chi connectivity index (χ0) is 53.6. The third-order valence-corrected chi connectivity index (χ3v) is 13.3.